The Morgan fingerprint density at radius 3 is 2.29 bits per heavy atom. The number of nitrogens with one attached hydrogen (secondary N) is 3. The highest BCUT2D eigenvalue weighted by Crippen LogP contribution is 2.26. The Bertz CT molecular complexity index is 1850. The number of anilines is 1. The smallest absolute Gasteiger partial charge is 0.314 e. The number of hydrogen-bond acceptors (Lipinski definition) is 6. The number of hydrogen-bond donors (Lipinski definition) is 3. The molecule has 0 amide bonds. The molecule has 3 aromatic carbocycles. The summed E-state index contributed by atoms with van der Waals surface area (Å²) in [5.41, 5.74) is 1.23. The zero-order valence-electron chi connectivity index (χ0n) is 17.8. The van der Waals surface area contributed by atoms with Crippen LogP contribution in [0.3, 0.4) is 0 Å². The predicted molar refractivity (Wildman–Crippen MR) is 132 cm³/mol. The summed E-state index contributed by atoms with van der Waals surface area (Å²) in [7, 11) is -4.02. The van der Waals surface area contributed by atoms with E-state index in [-0.39, 0.29) is 15.3 Å². The number of sulfonamides is 1. The van der Waals surface area contributed by atoms with Crippen LogP contribution in [0, 0.1) is 6.92 Å². The average Bonchev–Trinajstić information content (AvgIpc) is 3.09. The van der Waals surface area contributed by atoms with E-state index in [4.69, 9.17) is 0 Å². The maximum absolute atomic E-state index is 13.1. The van der Waals surface area contributed by atoms with Crippen molar-refractivity contribution in [1.29, 1.82) is 0 Å². The summed E-state index contributed by atoms with van der Waals surface area (Å²) in [6.45, 7) is 2.01. The molecule has 0 aliphatic heterocycles. The van der Waals surface area contributed by atoms with Gasteiger partial charge in [0.2, 0.25) is 0 Å². The van der Waals surface area contributed by atoms with Gasteiger partial charge >= 0.3 is 16.0 Å². The second kappa shape index (κ2) is 8.12. The highest BCUT2D eigenvalue weighted by molar-refractivity contribution is 7.92. The minimum Gasteiger partial charge on any atom is -0.316 e. The van der Waals surface area contributed by atoms with E-state index in [0.717, 1.165) is 16.9 Å². The molecule has 0 aliphatic rings. The SMILES string of the molecule is Cc1cc2[nH]c(=O)c(=O)[nH]c2cc1S(=O)(=O)Nc1ccc2c(c1)sc(=O)n2Cc1ccccc1. The third kappa shape index (κ3) is 3.95. The first-order valence-electron chi connectivity index (χ1n) is 10.2. The van der Waals surface area contributed by atoms with Gasteiger partial charge in [-0.1, -0.05) is 41.7 Å². The van der Waals surface area contributed by atoms with Gasteiger partial charge in [0.25, 0.3) is 10.0 Å². The van der Waals surface area contributed by atoms with Gasteiger partial charge in [-0.3, -0.25) is 23.7 Å². The van der Waals surface area contributed by atoms with Gasteiger partial charge in [0, 0.05) is 0 Å². The summed E-state index contributed by atoms with van der Waals surface area (Å²) in [5, 5.41) is 0. The van der Waals surface area contributed by atoms with Crippen LogP contribution < -0.4 is 20.7 Å². The Hall–Kier alpha value is -3.96. The third-order valence-electron chi connectivity index (χ3n) is 5.41. The number of aryl methyl sites for hydroxylation is 1. The molecule has 0 aliphatic carbocycles. The van der Waals surface area contributed by atoms with Crippen molar-refractivity contribution in [2.24, 2.45) is 0 Å². The third-order valence-corrected chi connectivity index (χ3v) is 7.88. The van der Waals surface area contributed by atoms with E-state index in [2.05, 4.69) is 14.7 Å². The molecular weight excluding hydrogens is 476 g/mol. The molecule has 5 aromatic rings. The van der Waals surface area contributed by atoms with Crippen LogP contribution in [-0.2, 0) is 16.6 Å². The Morgan fingerprint density at radius 2 is 1.59 bits per heavy atom. The van der Waals surface area contributed by atoms with Crippen molar-refractivity contribution < 1.29 is 8.42 Å². The Morgan fingerprint density at radius 1 is 0.912 bits per heavy atom. The Balaban J connectivity index is 1.51. The van der Waals surface area contributed by atoms with Crippen molar-refractivity contribution in [2.75, 3.05) is 4.72 Å². The summed E-state index contributed by atoms with van der Waals surface area (Å²) in [4.78, 5) is 40.4. The number of rotatable bonds is 5. The van der Waals surface area contributed by atoms with Crippen LogP contribution >= 0.6 is 11.3 Å². The fourth-order valence-corrected chi connectivity index (χ4v) is 6.03. The number of aromatic nitrogens is 3. The van der Waals surface area contributed by atoms with E-state index in [9.17, 15) is 22.8 Å². The van der Waals surface area contributed by atoms with Gasteiger partial charge in [0.05, 0.1) is 38.4 Å². The second-order valence-corrected chi connectivity index (χ2v) is 10.4. The summed E-state index contributed by atoms with van der Waals surface area (Å²) in [6.07, 6.45) is 0. The molecule has 0 fully saturated rings. The normalized spacial score (nSPS) is 11.8. The van der Waals surface area contributed by atoms with Gasteiger partial charge in [0.15, 0.2) is 0 Å². The number of H-pyrrole nitrogens is 2. The minimum absolute atomic E-state index is 0.0439. The van der Waals surface area contributed by atoms with Gasteiger partial charge in [-0.15, -0.1) is 0 Å². The fraction of sp³-hybridized carbons (Fsp3) is 0.0870. The molecule has 0 saturated carbocycles. The summed E-state index contributed by atoms with van der Waals surface area (Å²) in [6, 6.07) is 17.3. The van der Waals surface area contributed by atoms with Crippen molar-refractivity contribution in [3.8, 4) is 0 Å². The molecule has 2 aromatic heterocycles. The van der Waals surface area contributed by atoms with E-state index in [0.29, 0.717) is 33.5 Å². The lowest BCUT2D eigenvalue weighted by Gasteiger charge is -2.12. The number of fused-ring (bicyclic) bond motifs is 2. The zero-order valence-corrected chi connectivity index (χ0v) is 19.4. The van der Waals surface area contributed by atoms with Crippen molar-refractivity contribution in [2.45, 2.75) is 18.4 Å². The number of thiazole rings is 1. The minimum atomic E-state index is -4.02. The Labute approximate surface area is 196 Å². The molecular formula is C23H18N4O5S2. The van der Waals surface area contributed by atoms with Gasteiger partial charge in [-0.25, -0.2) is 8.42 Å². The number of benzene rings is 3. The van der Waals surface area contributed by atoms with E-state index in [1.165, 1.54) is 12.1 Å². The molecule has 0 atom stereocenters. The number of aromatic amines is 2. The Kier molecular flexibility index (Phi) is 5.22. The molecule has 172 valence electrons. The van der Waals surface area contributed by atoms with Crippen LogP contribution in [-0.4, -0.2) is 23.0 Å². The first kappa shape index (κ1) is 21.9. The lowest BCUT2D eigenvalue weighted by molar-refractivity contribution is 0.600. The summed E-state index contributed by atoms with van der Waals surface area (Å²) >= 11 is 1.04. The first-order chi connectivity index (χ1) is 16.2. The molecule has 0 spiro atoms. The molecule has 0 bridgehead atoms. The van der Waals surface area contributed by atoms with E-state index in [1.807, 2.05) is 30.3 Å². The van der Waals surface area contributed by atoms with Gasteiger partial charge in [-0.2, -0.15) is 0 Å². The molecule has 0 radical (unpaired) electrons. The topological polar surface area (TPSA) is 134 Å². The van der Waals surface area contributed by atoms with Crippen molar-refractivity contribution in [1.82, 2.24) is 14.5 Å². The number of nitrogens with zero attached hydrogens (tertiary/aromatic N) is 1. The largest absolute Gasteiger partial charge is 0.316 e. The highest BCUT2D eigenvalue weighted by Gasteiger charge is 2.19. The summed E-state index contributed by atoms with van der Waals surface area (Å²) < 4.78 is 31.1. The molecule has 0 saturated heterocycles. The van der Waals surface area contributed by atoms with Crippen LogP contribution in [0.25, 0.3) is 21.3 Å². The molecule has 11 heteroatoms. The monoisotopic (exact) mass is 494 g/mol. The van der Waals surface area contributed by atoms with Gasteiger partial charge in [0.1, 0.15) is 0 Å². The fourth-order valence-electron chi connectivity index (χ4n) is 3.80. The lowest BCUT2D eigenvalue weighted by Crippen LogP contribution is -2.29. The average molecular weight is 495 g/mol. The van der Waals surface area contributed by atoms with Crippen LogP contribution in [0.4, 0.5) is 5.69 Å². The molecule has 3 N–H and O–H groups in total. The molecule has 9 nitrogen and oxygen atoms in total. The van der Waals surface area contributed by atoms with Crippen LogP contribution in [0.15, 0.2) is 79.9 Å². The van der Waals surface area contributed by atoms with E-state index < -0.39 is 21.1 Å². The molecule has 34 heavy (non-hydrogen) atoms. The molecule has 2 heterocycles. The predicted octanol–water partition coefficient (Wildman–Crippen LogP) is 2.75. The van der Waals surface area contributed by atoms with Gasteiger partial charge < -0.3 is 9.97 Å². The summed E-state index contributed by atoms with van der Waals surface area (Å²) in [5.74, 6) is 0. The molecule has 5 rings (SSSR count). The van der Waals surface area contributed by atoms with Crippen molar-refractivity contribution in [3.05, 3.63) is 102 Å². The molecule has 0 unspecified atom stereocenters. The van der Waals surface area contributed by atoms with Crippen molar-refractivity contribution >= 4 is 48.3 Å². The van der Waals surface area contributed by atoms with E-state index >= 15 is 0 Å². The standard InChI is InChI=1S/C23H18N4O5S2/c1-13-9-16-17(25-22(29)21(28)24-16)11-20(13)34(31,32)26-15-7-8-18-19(10-15)33-23(30)27(18)12-14-5-3-2-4-6-14/h2-11,26H,12H2,1H3,(H,24,28)(H,25,29). The van der Waals surface area contributed by atoms with Crippen LogP contribution in [0.1, 0.15) is 11.1 Å². The zero-order chi connectivity index (χ0) is 24.0. The quantitative estimate of drug-likeness (QED) is 0.323. The highest BCUT2D eigenvalue weighted by atomic mass is 32.2. The van der Waals surface area contributed by atoms with E-state index in [1.54, 1.807) is 29.7 Å². The van der Waals surface area contributed by atoms with Crippen LogP contribution in [0.2, 0.25) is 0 Å². The maximum Gasteiger partial charge on any atom is 0.314 e. The van der Waals surface area contributed by atoms with Gasteiger partial charge in [-0.05, 0) is 48.4 Å². The lowest BCUT2D eigenvalue weighted by atomic mass is 10.2. The van der Waals surface area contributed by atoms with Crippen LogP contribution in [0.5, 0.6) is 0 Å². The second-order valence-electron chi connectivity index (χ2n) is 7.80. The van der Waals surface area contributed by atoms with Crippen molar-refractivity contribution in [3.63, 3.8) is 0 Å². The maximum atomic E-state index is 13.1. The first-order valence-corrected chi connectivity index (χ1v) is 12.5.